The molecule has 1 atom stereocenters. The van der Waals surface area contributed by atoms with Gasteiger partial charge in [-0.3, -0.25) is 14.5 Å². The molecule has 0 bridgehead atoms. The number of para-hydroxylation sites is 1. The molecular formula is C29H34N6O4. The summed E-state index contributed by atoms with van der Waals surface area (Å²) in [5.41, 5.74) is 2.43. The first kappa shape index (κ1) is 26.6. The summed E-state index contributed by atoms with van der Waals surface area (Å²) in [4.78, 5) is 43.9. The molecule has 0 radical (unpaired) electrons. The lowest BCUT2D eigenvalue weighted by Crippen LogP contribution is -2.38. The molecule has 5 rings (SSSR count). The van der Waals surface area contributed by atoms with E-state index in [0.29, 0.717) is 31.1 Å². The molecule has 1 aromatic carbocycles. The van der Waals surface area contributed by atoms with E-state index in [2.05, 4.69) is 30.2 Å². The summed E-state index contributed by atoms with van der Waals surface area (Å²) < 4.78 is 10.7. The lowest BCUT2D eigenvalue weighted by Gasteiger charge is -2.20. The molecule has 1 saturated heterocycles. The zero-order valence-corrected chi connectivity index (χ0v) is 22.2. The van der Waals surface area contributed by atoms with Crippen LogP contribution in [0.5, 0.6) is 5.88 Å². The van der Waals surface area contributed by atoms with Crippen LogP contribution in [0.15, 0.2) is 53.4 Å². The van der Waals surface area contributed by atoms with E-state index in [-0.39, 0.29) is 23.6 Å². The Balaban J connectivity index is 1.27. The van der Waals surface area contributed by atoms with Gasteiger partial charge >= 0.3 is 0 Å². The number of pyridine rings is 1. The van der Waals surface area contributed by atoms with Gasteiger partial charge in [-0.15, -0.1) is 0 Å². The number of nitrogens with one attached hydrogen (secondary N) is 2. The third-order valence-corrected chi connectivity index (χ3v) is 7.07. The van der Waals surface area contributed by atoms with E-state index in [1.165, 1.54) is 12.5 Å². The Kier molecular flexibility index (Phi) is 8.62. The van der Waals surface area contributed by atoms with Crippen molar-refractivity contribution >= 4 is 22.6 Å². The molecule has 0 unspecified atom stereocenters. The first-order chi connectivity index (χ1) is 19.1. The lowest BCUT2D eigenvalue weighted by molar-refractivity contribution is -0.122. The number of nitrogens with zero attached hydrogens (tertiary/aromatic N) is 4. The van der Waals surface area contributed by atoms with Crippen LogP contribution in [0, 0.1) is 0 Å². The van der Waals surface area contributed by atoms with Crippen molar-refractivity contribution in [2.75, 3.05) is 26.7 Å². The van der Waals surface area contributed by atoms with Gasteiger partial charge in [0.1, 0.15) is 12.1 Å². The maximum Gasteiger partial charge on any atom is 0.263 e. The molecule has 1 fully saturated rings. The average Bonchev–Trinajstić information content (AvgIpc) is 3.74. The van der Waals surface area contributed by atoms with Crippen LogP contribution in [0.3, 0.4) is 0 Å². The van der Waals surface area contributed by atoms with E-state index < -0.39 is 0 Å². The summed E-state index contributed by atoms with van der Waals surface area (Å²) in [6, 6.07) is 9.63. The molecule has 4 aromatic rings. The second kappa shape index (κ2) is 12.7. The fraction of sp³-hybridized carbons (Fsp3) is 0.414. The highest BCUT2D eigenvalue weighted by Crippen LogP contribution is 2.31. The monoisotopic (exact) mass is 530 g/mol. The molecular weight excluding hydrogens is 496 g/mol. The number of carbonyl (C=O) groups is 2. The van der Waals surface area contributed by atoms with Crippen molar-refractivity contribution in [3.8, 4) is 17.1 Å². The first-order valence-electron chi connectivity index (χ1n) is 13.5. The Hall–Kier alpha value is -4.05. The molecule has 1 amide bonds. The summed E-state index contributed by atoms with van der Waals surface area (Å²) in [7, 11) is 1.60. The van der Waals surface area contributed by atoms with Crippen molar-refractivity contribution in [3.05, 3.63) is 60.7 Å². The molecule has 10 heteroatoms. The highest BCUT2D eigenvalue weighted by Gasteiger charge is 2.22. The van der Waals surface area contributed by atoms with Crippen molar-refractivity contribution in [3.63, 3.8) is 0 Å². The largest absolute Gasteiger partial charge is 0.480 e. The number of carbonyl (C=O) groups excluding carboxylic acids is 2. The Bertz CT molecular complexity index is 1390. The Morgan fingerprint density at radius 1 is 1.15 bits per heavy atom. The number of hydrogen-bond acceptors (Lipinski definition) is 8. The quantitative estimate of drug-likeness (QED) is 0.188. The lowest BCUT2D eigenvalue weighted by atomic mass is 10.0. The molecule has 0 spiro atoms. The van der Waals surface area contributed by atoms with Crippen molar-refractivity contribution < 1.29 is 18.7 Å². The molecule has 3 aromatic heterocycles. The van der Waals surface area contributed by atoms with E-state index in [4.69, 9.17) is 9.15 Å². The second-order valence-electron chi connectivity index (χ2n) is 9.88. The number of oxazole rings is 1. The summed E-state index contributed by atoms with van der Waals surface area (Å²) in [6.45, 7) is 2.30. The van der Waals surface area contributed by atoms with Crippen molar-refractivity contribution in [1.82, 2.24) is 30.2 Å². The van der Waals surface area contributed by atoms with Gasteiger partial charge in [-0.25, -0.2) is 15.0 Å². The molecule has 39 heavy (non-hydrogen) atoms. The molecule has 204 valence electrons. The Labute approximate surface area is 227 Å². The number of imidazole rings is 1. The predicted molar refractivity (Wildman–Crippen MR) is 146 cm³/mol. The van der Waals surface area contributed by atoms with Crippen LogP contribution in [0.4, 0.5) is 0 Å². The van der Waals surface area contributed by atoms with Gasteiger partial charge in [-0.05, 0) is 50.9 Å². The van der Waals surface area contributed by atoms with Crippen LogP contribution in [0.25, 0.3) is 22.2 Å². The van der Waals surface area contributed by atoms with Crippen molar-refractivity contribution in [1.29, 1.82) is 0 Å². The third kappa shape index (κ3) is 6.69. The number of aromatic nitrogens is 4. The highest BCUT2D eigenvalue weighted by atomic mass is 16.5. The van der Waals surface area contributed by atoms with Crippen molar-refractivity contribution in [2.24, 2.45) is 0 Å². The average molecular weight is 531 g/mol. The van der Waals surface area contributed by atoms with E-state index in [0.717, 1.165) is 67.4 Å². The summed E-state index contributed by atoms with van der Waals surface area (Å²) in [5.74, 6) is 1.25. The molecule has 4 heterocycles. The maximum atomic E-state index is 12.9. The number of Topliss-reactive ketones (excluding diaryl/α,β-unsaturated/α-hetero) is 1. The number of ether oxygens (including phenoxy) is 1. The molecule has 0 saturated carbocycles. The molecule has 2 N–H and O–H groups in total. The van der Waals surface area contributed by atoms with E-state index in [9.17, 15) is 9.59 Å². The van der Waals surface area contributed by atoms with Gasteiger partial charge in [0, 0.05) is 11.8 Å². The molecule has 1 aliphatic heterocycles. The van der Waals surface area contributed by atoms with Gasteiger partial charge < -0.3 is 19.5 Å². The Morgan fingerprint density at radius 2 is 2.00 bits per heavy atom. The van der Waals surface area contributed by atoms with E-state index >= 15 is 0 Å². The number of hydrogen-bond donors (Lipinski definition) is 2. The minimum Gasteiger partial charge on any atom is -0.480 e. The molecule has 0 aliphatic carbocycles. The number of aromatic amines is 1. The van der Waals surface area contributed by atoms with Gasteiger partial charge in [0.05, 0.1) is 48.9 Å². The zero-order chi connectivity index (χ0) is 27.0. The SMILES string of the molecule is COc1nc2ccccc2cc1-c1cnc([C@H](CCCCCC(=O)c2ncco2)NC(=O)CN2CCCC2)[nH]1. The number of amides is 1. The van der Waals surface area contributed by atoms with Gasteiger partial charge in [0.2, 0.25) is 17.6 Å². The van der Waals surface area contributed by atoms with Gasteiger partial charge in [-0.2, -0.15) is 0 Å². The summed E-state index contributed by atoms with van der Waals surface area (Å²) >= 11 is 0. The van der Waals surface area contributed by atoms with Gasteiger partial charge in [0.15, 0.2) is 0 Å². The van der Waals surface area contributed by atoms with Crippen LogP contribution in [-0.2, 0) is 4.79 Å². The van der Waals surface area contributed by atoms with Crippen LogP contribution in [0.1, 0.15) is 67.5 Å². The second-order valence-corrected chi connectivity index (χ2v) is 9.88. The van der Waals surface area contributed by atoms with Crippen LogP contribution in [-0.4, -0.2) is 63.3 Å². The van der Waals surface area contributed by atoms with Crippen LogP contribution >= 0.6 is 0 Å². The van der Waals surface area contributed by atoms with Gasteiger partial charge in [0.25, 0.3) is 5.89 Å². The number of likely N-dealkylation sites (tertiary alicyclic amines) is 1. The topological polar surface area (TPSA) is 126 Å². The number of benzene rings is 1. The standard InChI is InChI=1S/C29H34N6O4/c1-38-28-21(17-20-9-5-6-10-22(20)34-28)24-18-31-27(33-24)23(32-26(37)19-35-14-7-8-15-35)11-3-2-4-12-25(36)29-30-13-16-39-29/h5-6,9-10,13,16-18,23H,2-4,7-8,11-12,14-15,19H2,1H3,(H,31,33)(H,32,37)/t23-/m0/s1. The van der Waals surface area contributed by atoms with Crippen LogP contribution in [0.2, 0.25) is 0 Å². The maximum absolute atomic E-state index is 12.9. The van der Waals surface area contributed by atoms with Crippen LogP contribution < -0.4 is 10.1 Å². The highest BCUT2D eigenvalue weighted by molar-refractivity contribution is 5.91. The first-order valence-corrected chi connectivity index (χ1v) is 13.5. The van der Waals surface area contributed by atoms with E-state index in [1.54, 1.807) is 13.3 Å². The minimum absolute atomic E-state index is 0.0103. The smallest absolute Gasteiger partial charge is 0.263 e. The number of ketones is 1. The number of fused-ring (bicyclic) bond motifs is 1. The normalized spacial score (nSPS) is 14.5. The number of unbranched alkanes of at least 4 members (excludes halogenated alkanes) is 2. The molecule has 1 aliphatic rings. The minimum atomic E-state index is -0.282. The summed E-state index contributed by atoms with van der Waals surface area (Å²) in [5, 5.41) is 4.19. The third-order valence-electron chi connectivity index (χ3n) is 7.07. The fourth-order valence-corrected chi connectivity index (χ4v) is 5.04. The number of methoxy groups -OCH3 is 1. The zero-order valence-electron chi connectivity index (χ0n) is 22.2. The summed E-state index contributed by atoms with van der Waals surface area (Å²) in [6.07, 6.45) is 10.4. The Morgan fingerprint density at radius 3 is 2.79 bits per heavy atom. The predicted octanol–water partition coefficient (Wildman–Crippen LogP) is 4.71. The van der Waals surface area contributed by atoms with E-state index in [1.807, 2.05) is 30.3 Å². The number of rotatable bonds is 13. The number of H-pyrrole nitrogens is 1. The fourth-order valence-electron chi connectivity index (χ4n) is 5.04. The van der Waals surface area contributed by atoms with Crippen molar-refractivity contribution in [2.45, 2.75) is 51.0 Å². The van der Waals surface area contributed by atoms with Gasteiger partial charge in [-0.1, -0.05) is 31.0 Å². The molecule has 10 nitrogen and oxygen atoms in total.